The Balaban J connectivity index is 2.35. The number of halogens is 1. The molecule has 0 aliphatic carbocycles. The molecular weight excluding hydrogens is 174 g/mol. The second-order valence-electron chi connectivity index (χ2n) is 2.48. The van der Waals surface area contributed by atoms with Crippen LogP contribution in [0.15, 0.2) is 24.7 Å². The van der Waals surface area contributed by atoms with Gasteiger partial charge < -0.3 is 9.97 Å². The SMILES string of the molecule is ClCc1ncc(-c2cc[nH]c2)[nH]1. The van der Waals surface area contributed by atoms with Gasteiger partial charge in [0.15, 0.2) is 0 Å². The van der Waals surface area contributed by atoms with Gasteiger partial charge in [-0.15, -0.1) is 11.6 Å². The van der Waals surface area contributed by atoms with Crippen molar-refractivity contribution in [2.45, 2.75) is 5.88 Å². The van der Waals surface area contributed by atoms with E-state index in [1.165, 1.54) is 0 Å². The largest absolute Gasteiger partial charge is 0.367 e. The Morgan fingerprint density at radius 1 is 1.50 bits per heavy atom. The molecule has 0 atom stereocenters. The van der Waals surface area contributed by atoms with E-state index in [1.54, 1.807) is 6.20 Å². The molecule has 0 amide bonds. The molecule has 0 aromatic carbocycles. The van der Waals surface area contributed by atoms with Crippen molar-refractivity contribution in [1.82, 2.24) is 15.0 Å². The quantitative estimate of drug-likeness (QED) is 0.686. The molecule has 2 N–H and O–H groups in total. The maximum Gasteiger partial charge on any atom is 0.121 e. The van der Waals surface area contributed by atoms with Gasteiger partial charge in [0.1, 0.15) is 5.82 Å². The van der Waals surface area contributed by atoms with E-state index in [0.29, 0.717) is 5.88 Å². The molecule has 3 nitrogen and oxygen atoms in total. The van der Waals surface area contributed by atoms with E-state index in [9.17, 15) is 0 Å². The first-order valence-corrected chi connectivity index (χ1v) is 4.16. The molecule has 0 bridgehead atoms. The third-order valence-corrected chi connectivity index (χ3v) is 1.92. The maximum absolute atomic E-state index is 5.60. The molecule has 2 rings (SSSR count). The predicted molar refractivity (Wildman–Crippen MR) is 47.9 cm³/mol. The summed E-state index contributed by atoms with van der Waals surface area (Å²) in [6.07, 6.45) is 5.56. The number of rotatable bonds is 2. The molecule has 0 radical (unpaired) electrons. The Kier molecular flexibility index (Phi) is 1.87. The van der Waals surface area contributed by atoms with Crippen LogP contribution in [0.25, 0.3) is 11.3 Å². The highest BCUT2D eigenvalue weighted by atomic mass is 35.5. The number of aromatic nitrogens is 3. The first-order chi connectivity index (χ1) is 5.90. The summed E-state index contributed by atoms with van der Waals surface area (Å²) >= 11 is 5.60. The van der Waals surface area contributed by atoms with E-state index in [1.807, 2.05) is 18.5 Å². The Hall–Kier alpha value is -1.22. The van der Waals surface area contributed by atoms with Crippen molar-refractivity contribution in [3.63, 3.8) is 0 Å². The van der Waals surface area contributed by atoms with Gasteiger partial charge in [-0.05, 0) is 6.07 Å². The molecule has 2 aromatic rings. The number of nitrogens with one attached hydrogen (secondary N) is 2. The van der Waals surface area contributed by atoms with Crippen molar-refractivity contribution < 1.29 is 0 Å². The molecule has 0 spiro atoms. The lowest BCUT2D eigenvalue weighted by molar-refractivity contribution is 1.12. The normalized spacial score (nSPS) is 10.4. The first-order valence-electron chi connectivity index (χ1n) is 3.63. The van der Waals surface area contributed by atoms with Crippen LogP contribution >= 0.6 is 11.6 Å². The molecule has 62 valence electrons. The average Bonchev–Trinajstić information content (AvgIpc) is 2.75. The third kappa shape index (κ3) is 1.23. The zero-order valence-electron chi connectivity index (χ0n) is 6.34. The first kappa shape index (κ1) is 7.43. The van der Waals surface area contributed by atoms with Crippen molar-refractivity contribution in [2.75, 3.05) is 0 Å². The van der Waals surface area contributed by atoms with Crippen molar-refractivity contribution in [2.24, 2.45) is 0 Å². The zero-order chi connectivity index (χ0) is 8.39. The Bertz CT molecular complexity index is 350. The highest BCUT2D eigenvalue weighted by molar-refractivity contribution is 6.16. The van der Waals surface area contributed by atoms with Gasteiger partial charge in [-0.1, -0.05) is 0 Å². The monoisotopic (exact) mass is 181 g/mol. The van der Waals surface area contributed by atoms with Crippen LogP contribution in [0.5, 0.6) is 0 Å². The lowest BCUT2D eigenvalue weighted by Crippen LogP contribution is -1.78. The van der Waals surface area contributed by atoms with Gasteiger partial charge in [-0.2, -0.15) is 0 Å². The number of hydrogen-bond acceptors (Lipinski definition) is 1. The van der Waals surface area contributed by atoms with Crippen molar-refractivity contribution in [3.05, 3.63) is 30.5 Å². The molecule has 0 saturated carbocycles. The van der Waals surface area contributed by atoms with Crippen LogP contribution in [0, 0.1) is 0 Å². The fourth-order valence-corrected chi connectivity index (χ4v) is 1.20. The minimum absolute atomic E-state index is 0.421. The predicted octanol–water partition coefficient (Wildman–Crippen LogP) is 2.14. The molecule has 0 unspecified atom stereocenters. The maximum atomic E-state index is 5.60. The van der Waals surface area contributed by atoms with Gasteiger partial charge >= 0.3 is 0 Å². The van der Waals surface area contributed by atoms with E-state index < -0.39 is 0 Å². The molecule has 0 saturated heterocycles. The minimum atomic E-state index is 0.421. The highest BCUT2D eigenvalue weighted by Gasteiger charge is 2.01. The summed E-state index contributed by atoms with van der Waals surface area (Å²) in [5.74, 6) is 1.22. The van der Waals surface area contributed by atoms with Gasteiger partial charge in [-0.25, -0.2) is 4.98 Å². The average molecular weight is 182 g/mol. The number of alkyl halides is 1. The number of imidazole rings is 1. The van der Waals surface area contributed by atoms with E-state index >= 15 is 0 Å². The number of nitrogens with zero attached hydrogens (tertiary/aromatic N) is 1. The lowest BCUT2D eigenvalue weighted by atomic mass is 10.3. The Morgan fingerprint density at radius 2 is 2.42 bits per heavy atom. The summed E-state index contributed by atoms with van der Waals surface area (Å²) in [7, 11) is 0. The molecule has 4 heteroatoms. The second kappa shape index (κ2) is 3.03. The van der Waals surface area contributed by atoms with E-state index in [4.69, 9.17) is 11.6 Å². The fourth-order valence-electron chi connectivity index (χ4n) is 1.07. The summed E-state index contributed by atoms with van der Waals surface area (Å²) in [6, 6.07) is 1.98. The van der Waals surface area contributed by atoms with Crippen LogP contribution < -0.4 is 0 Å². The number of aromatic amines is 2. The summed E-state index contributed by atoms with van der Waals surface area (Å²) in [4.78, 5) is 10.2. The van der Waals surface area contributed by atoms with Crippen molar-refractivity contribution in [3.8, 4) is 11.3 Å². The topological polar surface area (TPSA) is 44.5 Å². The second-order valence-corrected chi connectivity index (χ2v) is 2.74. The van der Waals surface area contributed by atoms with E-state index in [2.05, 4.69) is 15.0 Å². The van der Waals surface area contributed by atoms with Crippen LogP contribution in [-0.2, 0) is 5.88 Å². The van der Waals surface area contributed by atoms with Crippen LogP contribution in [-0.4, -0.2) is 15.0 Å². The van der Waals surface area contributed by atoms with Crippen LogP contribution in [0.3, 0.4) is 0 Å². The molecule has 0 fully saturated rings. The summed E-state index contributed by atoms with van der Waals surface area (Å²) < 4.78 is 0. The standard InChI is InChI=1S/C8H8ClN3/c9-3-8-11-5-7(12-8)6-1-2-10-4-6/h1-2,4-5,10H,3H2,(H,11,12). The smallest absolute Gasteiger partial charge is 0.121 e. The van der Waals surface area contributed by atoms with Gasteiger partial charge in [0.25, 0.3) is 0 Å². The summed E-state index contributed by atoms with van der Waals surface area (Å²) in [5, 5.41) is 0. The van der Waals surface area contributed by atoms with E-state index in [0.717, 1.165) is 17.1 Å². The molecule has 0 aliphatic heterocycles. The zero-order valence-corrected chi connectivity index (χ0v) is 7.10. The van der Waals surface area contributed by atoms with Crippen LogP contribution in [0.4, 0.5) is 0 Å². The Labute approximate surface area is 74.8 Å². The molecule has 0 aliphatic rings. The highest BCUT2D eigenvalue weighted by Crippen LogP contribution is 2.15. The summed E-state index contributed by atoms with van der Waals surface area (Å²) in [5.41, 5.74) is 2.09. The molecule has 2 aromatic heterocycles. The van der Waals surface area contributed by atoms with Gasteiger partial charge in [0.05, 0.1) is 17.8 Å². The van der Waals surface area contributed by atoms with Gasteiger partial charge in [0.2, 0.25) is 0 Å². The van der Waals surface area contributed by atoms with Crippen molar-refractivity contribution >= 4 is 11.6 Å². The van der Waals surface area contributed by atoms with Gasteiger partial charge in [0, 0.05) is 18.0 Å². The fraction of sp³-hybridized carbons (Fsp3) is 0.125. The molecule has 2 heterocycles. The summed E-state index contributed by atoms with van der Waals surface area (Å²) in [6.45, 7) is 0. The van der Waals surface area contributed by atoms with Crippen LogP contribution in [0.1, 0.15) is 5.82 Å². The molecule has 12 heavy (non-hydrogen) atoms. The number of hydrogen-bond donors (Lipinski definition) is 2. The lowest BCUT2D eigenvalue weighted by Gasteiger charge is -1.88. The van der Waals surface area contributed by atoms with Crippen molar-refractivity contribution in [1.29, 1.82) is 0 Å². The van der Waals surface area contributed by atoms with Crippen LogP contribution in [0.2, 0.25) is 0 Å². The molecular formula is C8H8ClN3. The minimum Gasteiger partial charge on any atom is -0.367 e. The third-order valence-electron chi connectivity index (χ3n) is 1.66. The van der Waals surface area contributed by atoms with E-state index in [-0.39, 0.29) is 0 Å². The van der Waals surface area contributed by atoms with Gasteiger partial charge in [-0.3, -0.25) is 0 Å². The Morgan fingerprint density at radius 3 is 3.00 bits per heavy atom. The number of H-pyrrole nitrogens is 2.